The van der Waals surface area contributed by atoms with E-state index in [2.05, 4.69) is 9.72 Å². The molecule has 0 aliphatic rings. The zero-order chi connectivity index (χ0) is 13.3. The van der Waals surface area contributed by atoms with E-state index in [1.165, 1.54) is 13.2 Å². The molecule has 0 aliphatic heterocycles. The minimum Gasteiger partial charge on any atom is -0.469 e. The summed E-state index contributed by atoms with van der Waals surface area (Å²) in [7, 11) is 1.32. The van der Waals surface area contributed by atoms with Gasteiger partial charge in [-0.15, -0.1) is 0 Å². The molecular weight excluding hydrogens is 352 g/mol. The molecule has 0 saturated carbocycles. The standard InChI is InChI=1S/C11H11FIN3O2/c1-18-10(17)2-3-16-9-4-6(12)7(13)5-8(9)15-11(16)14/h4-5H,2-3H2,1H3,(H2,14,15). The number of hydrogen-bond acceptors (Lipinski definition) is 4. The Kier molecular flexibility index (Phi) is 3.69. The summed E-state index contributed by atoms with van der Waals surface area (Å²) in [5.74, 6) is -0.417. The van der Waals surface area contributed by atoms with Gasteiger partial charge in [0, 0.05) is 12.6 Å². The average Bonchev–Trinajstić information content (AvgIpc) is 2.62. The first-order valence-corrected chi connectivity index (χ1v) is 6.28. The van der Waals surface area contributed by atoms with E-state index in [0.29, 0.717) is 21.1 Å². The average molecular weight is 363 g/mol. The van der Waals surface area contributed by atoms with Gasteiger partial charge in [-0.3, -0.25) is 4.79 Å². The summed E-state index contributed by atoms with van der Waals surface area (Å²) in [6.45, 7) is 0.315. The van der Waals surface area contributed by atoms with Crippen LogP contribution in [0.15, 0.2) is 12.1 Å². The summed E-state index contributed by atoms with van der Waals surface area (Å²) < 4.78 is 20.2. The molecule has 0 unspecified atom stereocenters. The Morgan fingerprint density at radius 2 is 2.33 bits per heavy atom. The van der Waals surface area contributed by atoms with Crippen LogP contribution in [0.1, 0.15) is 6.42 Å². The van der Waals surface area contributed by atoms with Gasteiger partial charge >= 0.3 is 5.97 Å². The van der Waals surface area contributed by atoms with E-state index in [-0.39, 0.29) is 24.2 Å². The number of rotatable bonds is 3. The lowest BCUT2D eigenvalue weighted by molar-refractivity contribution is -0.140. The van der Waals surface area contributed by atoms with Crippen molar-refractivity contribution in [1.29, 1.82) is 0 Å². The third kappa shape index (κ3) is 2.40. The fourth-order valence-corrected chi connectivity index (χ4v) is 2.13. The molecule has 7 heteroatoms. The first kappa shape index (κ1) is 13.1. The number of aryl methyl sites for hydroxylation is 1. The molecule has 2 rings (SSSR count). The van der Waals surface area contributed by atoms with Crippen molar-refractivity contribution in [2.75, 3.05) is 12.8 Å². The normalized spacial score (nSPS) is 10.8. The highest BCUT2D eigenvalue weighted by atomic mass is 127. The molecule has 1 aromatic heterocycles. The molecule has 1 aromatic carbocycles. The number of anilines is 1. The van der Waals surface area contributed by atoms with Gasteiger partial charge < -0.3 is 15.0 Å². The molecule has 0 radical (unpaired) electrons. The molecule has 96 valence electrons. The molecule has 0 aliphatic carbocycles. The van der Waals surface area contributed by atoms with E-state index < -0.39 is 0 Å². The topological polar surface area (TPSA) is 70.1 Å². The third-order valence-electron chi connectivity index (χ3n) is 2.59. The van der Waals surface area contributed by atoms with Gasteiger partial charge in [-0.2, -0.15) is 0 Å². The second-order valence-corrected chi connectivity index (χ2v) is 4.86. The number of benzene rings is 1. The van der Waals surface area contributed by atoms with Crippen molar-refractivity contribution in [1.82, 2.24) is 9.55 Å². The maximum absolute atomic E-state index is 13.5. The number of carbonyl (C=O) groups excluding carboxylic acids is 1. The Morgan fingerprint density at radius 1 is 1.61 bits per heavy atom. The predicted octanol–water partition coefficient (Wildman–Crippen LogP) is 1.93. The Hall–Kier alpha value is -1.38. The lowest BCUT2D eigenvalue weighted by Crippen LogP contribution is -2.09. The van der Waals surface area contributed by atoms with Crippen LogP contribution in [0, 0.1) is 9.39 Å². The molecule has 2 aromatic rings. The summed E-state index contributed by atoms with van der Waals surface area (Å²) >= 11 is 1.89. The molecule has 0 spiro atoms. The van der Waals surface area contributed by atoms with Crippen LogP contribution in [-0.2, 0) is 16.1 Å². The fraction of sp³-hybridized carbons (Fsp3) is 0.273. The van der Waals surface area contributed by atoms with Crippen LogP contribution >= 0.6 is 22.6 Å². The van der Waals surface area contributed by atoms with Crippen molar-refractivity contribution in [3.05, 3.63) is 21.5 Å². The van der Waals surface area contributed by atoms with Crippen LogP contribution in [0.3, 0.4) is 0 Å². The van der Waals surface area contributed by atoms with E-state index in [1.807, 2.05) is 22.6 Å². The van der Waals surface area contributed by atoms with Crippen molar-refractivity contribution < 1.29 is 13.9 Å². The third-order valence-corrected chi connectivity index (χ3v) is 3.41. The monoisotopic (exact) mass is 363 g/mol. The van der Waals surface area contributed by atoms with Crippen LogP contribution in [0.5, 0.6) is 0 Å². The molecule has 0 atom stereocenters. The number of nitrogens with two attached hydrogens (primary N) is 1. The van der Waals surface area contributed by atoms with E-state index in [1.54, 1.807) is 10.6 Å². The lowest BCUT2D eigenvalue weighted by Gasteiger charge is -2.05. The van der Waals surface area contributed by atoms with Gasteiger partial charge in [-0.1, -0.05) is 0 Å². The zero-order valence-corrected chi connectivity index (χ0v) is 11.8. The Morgan fingerprint density at radius 3 is 3.00 bits per heavy atom. The summed E-state index contributed by atoms with van der Waals surface area (Å²) in [6, 6.07) is 2.99. The van der Waals surface area contributed by atoms with E-state index >= 15 is 0 Å². The van der Waals surface area contributed by atoms with E-state index in [0.717, 1.165) is 0 Å². The molecule has 1 heterocycles. The summed E-state index contributed by atoms with van der Waals surface area (Å²) in [4.78, 5) is 15.2. The highest BCUT2D eigenvalue weighted by Crippen LogP contribution is 2.23. The Bertz CT molecular complexity index is 612. The largest absolute Gasteiger partial charge is 0.469 e. The predicted molar refractivity (Wildman–Crippen MR) is 73.5 cm³/mol. The molecule has 18 heavy (non-hydrogen) atoms. The number of nitrogen functional groups attached to an aromatic ring is 1. The van der Waals surface area contributed by atoms with Crippen LogP contribution in [0.4, 0.5) is 10.3 Å². The van der Waals surface area contributed by atoms with Crippen LogP contribution in [-0.4, -0.2) is 22.6 Å². The van der Waals surface area contributed by atoms with Crippen molar-refractivity contribution in [3.63, 3.8) is 0 Å². The highest BCUT2D eigenvalue weighted by Gasteiger charge is 2.12. The number of carbonyl (C=O) groups is 1. The number of esters is 1. The molecule has 0 saturated heterocycles. The zero-order valence-electron chi connectivity index (χ0n) is 9.61. The van der Waals surface area contributed by atoms with Gasteiger partial charge in [0.2, 0.25) is 5.95 Å². The fourth-order valence-electron chi connectivity index (χ4n) is 1.68. The number of halogens is 2. The van der Waals surface area contributed by atoms with Crippen LogP contribution in [0.25, 0.3) is 11.0 Å². The Balaban J connectivity index is 2.40. The number of imidazole rings is 1. The summed E-state index contributed by atoms with van der Waals surface area (Å²) in [5, 5.41) is 0. The summed E-state index contributed by atoms with van der Waals surface area (Å²) in [6.07, 6.45) is 0.166. The molecular formula is C11H11FIN3O2. The van der Waals surface area contributed by atoms with Gasteiger partial charge in [-0.25, -0.2) is 9.37 Å². The van der Waals surface area contributed by atoms with E-state index in [4.69, 9.17) is 5.73 Å². The first-order valence-electron chi connectivity index (χ1n) is 5.20. The second-order valence-electron chi connectivity index (χ2n) is 3.70. The molecule has 2 N–H and O–H groups in total. The molecule has 0 amide bonds. The molecule has 0 fully saturated rings. The van der Waals surface area contributed by atoms with Crippen molar-refractivity contribution in [2.24, 2.45) is 0 Å². The molecule has 0 bridgehead atoms. The van der Waals surface area contributed by atoms with Gasteiger partial charge in [0.25, 0.3) is 0 Å². The van der Waals surface area contributed by atoms with Crippen molar-refractivity contribution in [3.8, 4) is 0 Å². The number of fused-ring (bicyclic) bond motifs is 1. The lowest BCUT2D eigenvalue weighted by atomic mass is 10.3. The van der Waals surface area contributed by atoms with Gasteiger partial charge in [0.05, 0.1) is 28.1 Å². The number of ether oxygens (including phenoxy) is 1. The van der Waals surface area contributed by atoms with E-state index in [9.17, 15) is 9.18 Å². The second kappa shape index (κ2) is 5.09. The maximum atomic E-state index is 13.5. The van der Waals surface area contributed by atoms with Gasteiger partial charge in [-0.05, 0) is 28.7 Å². The number of methoxy groups -OCH3 is 1. The smallest absolute Gasteiger partial charge is 0.307 e. The van der Waals surface area contributed by atoms with Crippen molar-refractivity contribution in [2.45, 2.75) is 13.0 Å². The van der Waals surface area contributed by atoms with Crippen LogP contribution in [0.2, 0.25) is 0 Å². The maximum Gasteiger partial charge on any atom is 0.307 e. The SMILES string of the molecule is COC(=O)CCn1c(N)nc2cc(I)c(F)cc21. The number of aromatic nitrogens is 2. The minimum atomic E-state index is -0.345. The number of nitrogens with zero attached hydrogens (tertiary/aromatic N) is 2. The van der Waals surface area contributed by atoms with Gasteiger partial charge in [0.1, 0.15) is 5.82 Å². The van der Waals surface area contributed by atoms with Crippen molar-refractivity contribution >= 4 is 45.5 Å². The quantitative estimate of drug-likeness (QED) is 0.668. The minimum absolute atomic E-state index is 0.166. The first-order chi connectivity index (χ1) is 8.52. The van der Waals surface area contributed by atoms with Gasteiger partial charge in [0.15, 0.2) is 0 Å². The Labute approximate surface area is 116 Å². The summed E-state index contributed by atoms with van der Waals surface area (Å²) in [5.41, 5.74) is 6.95. The number of hydrogen-bond donors (Lipinski definition) is 1. The van der Waals surface area contributed by atoms with Crippen LogP contribution < -0.4 is 5.73 Å². The molecule has 5 nitrogen and oxygen atoms in total. The highest BCUT2D eigenvalue weighted by molar-refractivity contribution is 14.1.